The van der Waals surface area contributed by atoms with Crippen LogP contribution in [-0.2, 0) is 0 Å². The Hall–Kier alpha value is -1.22. The van der Waals surface area contributed by atoms with Crippen LogP contribution in [0.15, 0.2) is 23.8 Å². The van der Waals surface area contributed by atoms with E-state index in [1.165, 1.54) is 12.1 Å². The van der Waals surface area contributed by atoms with Gasteiger partial charge in [0.05, 0.1) is 0 Å². The van der Waals surface area contributed by atoms with Crippen LogP contribution in [0.3, 0.4) is 0 Å². The summed E-state index contributed by atoms with van der Waals surface area (Å²) in [7, 11) is 0. The van der Waals surface area contributed by atoms with Crippen LogP contribution in [0, 0.1) is 11.6 Å². The Morgan fingerprint density at radius 2 is 2.06 bits per heavy atom. The Morgan fingerprint density at radius 3 is 2.62 bits per heavy atom. The highest BCUT2D eigenvalue weighted by molar-refractivity contribution is 5.53. The summed E-state index contributed by atoms with van der Waals surface area (Å²) in [6, 6.07) is 3.65. The molecule has 0 fully saturated rings. The summed E-state index contributed by atoms with van der Waals surface area (Å²) in [5.41, 5.74) is 1.54. The van der Waals surface area contributed by atoms with Crippen molar-refractivity contribution in [2.45, 2.75) is 20.3 Å². The molecule has 0 aromatic heterocycles. The summed E-state index contributed by atoms with van der Waals surface area (Å²) < 4.78 is 26.1. The minimum Gasteiger partial charge on any atom is -0.313 e. The molecule has 1 nitrogen and oxygen atoms in total. The molecule has 0 aliphatic carbocycles. The van der Waals surface area contributed by atoms with E-state index in [4.69, 9.17) is 0 Å². The van der Waals surface area contributed by atoms with Gasteiger partial charge in [-0.3, -0.25) is 0 Å². The normalized spacial score (nSPS) is 11.9. The van der Waals surface area contributed by atoms with Crippen molar-refractivity contribution in [1.29, 1.82) is 0 Å². The second-order valence-corrected chi connectivity index (χ2v) is 3.60. The Kier molecular flexibility index (Phi) is 5.12. The molecular formula is C13H17F2N. The summed E-state index contributed by atoms with van der Waals surface area (Å²) in [5, 5.41) is 3.19. The van der Waals surface area contributed by atoms with Gasteiger partial charge < -0.3 is 5.32 Å². The Labute approximate surface area is 95.2 Å². The molecule has 0 radical (unpaired) electrons. The fourth-order valence-corrected chi connectivity index (χ4v) is 1.40. The molecule has 1 rings (SSSR count). The van der Waals surface area contributed by atoms with E-state index in [1.54, 1.807) is 6.08 Å². The predicted molar refractivity (Wildman–Crippen MR) is 63.2 cm³/mol. The van der Waals surface area contributed by atoms with Crippen molar-refractivity contribution in [2.75, 3.05) is 13.1 Å². The highest BCUT2D eigenvalue weighted by Crippen LogP contribution is 2.14. The van der Waals surface area contributed by atoms with Crippen molar-refractivity contribution in [2.24, 2.45) is 0 Å². The Morgan fingerprint density at radius 1 is 1.31 bits per heavy atom. The van der Waals surface area contributed by atoms with Gasteiger partial charge in [-0.05, 0) is 25.1 Å². The molecule has 0 saturated carbocycles. The van der Waals surface area contributed by atoms with Crippen molar-refractivity contribution < 1.29 is 8.78 Å². The van der Waals surface area contributed by atoms with Crippen molar-refractivity contribution in [3.05, 3.63) is 41.0 Å². The van der Waals surface area contributed by atoms with E-state index in [0.29, 0.717) is 5.56 Å². The molecule has 0 amide bonds. The second kappa shape index (κ2) is 6.38. The molecule has 0 spiro atoms. The first-order chi connectivity index (χ1) is 7.67. The van der Waals surface area contributed by atoms with Gasteiger partial charge in [0.2, 0.25) is 0 Å². The van der Waals surface area contributed by atoms with Gasteiger partial charge in [0.1, 0.15) is 11.6 Å². The van der Waals surface area contributed by atoms with Gasteiger partial charge in [-0.1, -0.05) is 25.5 Å². The van der Waals surface area contributed by atoms with E-state index in [9.17, 15) is 8.78 Å². The molecule has 0 heterocycles. The number of benzene rings is 1. The van der Waals surface area contributed by atoms with Crippen LogP contribution in [0.25, 0.3) is 6.08 Å². The van der Waals surface area contributed by atoms with Gasteiger partial charge in [0.15, 0.2) is 0 Å². The van der Waals surface area contributed by atoms with Crippen molar-refractivity contribution >= 4 is 6.08 Å². The summed E-state index contributed by atoms with van der Waals surface area (Å²) in [6.45, 7) is 5.66. The zero-order chi connectivity index (χ0) is 12.0. The fraction of sp³-hybridized carbons (Fsp3) is 0.385. The molecule has 0 aliphatic rings. The maximum absolute atomic E-state index is 13.4. The maximum Gasteiger partial charge on any atom is 0.133 e. The molecule has 0 atom stereocenters. The predicted octanol–water partition coefficient (Wildman–Crippen LogP) is 3.37. The Balaban J connectivity index is 2.86. The highest BCUT2D eigenvalue weighted by Gasteiger charge is 2.02. The third-order valence-corrected chi connectivity index (χ3v) is 2.38. The molecule has 1 N–H and O–H groups in total. The van der Waals surface area contributed by atoms with E-state index in [0.717, 1.165) is 31.1 Å². The first-order valence-electron chi connectivity index (χ1n) is 5.52. The molecule has 0 aliphatic heterocycles. The third-order valence-electron chi connectivity index (χ3n) is 2.38. The largest absolute Gasteiger partial charge is 0.313 e. The summed E-state index contributed by atoms with van der Waals surface area (Å²) >= 11 is 0. The quantitative estimate of drug-likeness (QED) is 0.810. The number of rotatable bonds is 5. The summed E-state index contributed by atoms with van der Waals surface area (Å²) in [6.07, 6.45) is 2.63. The lowest BCUT2D eigenvalue weighted by Crippen LogP contribution is -2.15. The number of likely N-dealkylation sites (N-methyl/N-ethyl adjacent to an activating group) is 1. The molecule has 0 bridgehead atoms. The van der Waals surface area contributed by atoms with Gasteiger partial charge in [0.25, 0.3) is 0 Å². The first-order valence-corrected chi connectivity index (χ1v) is 5.52. The fourth-order valence-electron chi connectivity index (χ4n) is 1.40. The average molecular weight is 225 g/mol. The van der Waals surface area contributed by atoms with Crippen LogP contribution < -0.4 is 5.32 Å². The molecular weight excluding hydrogens is 208 g/mol. The van der Waals surface area contributed by atoms with Crippen molar-refractivity contribution in [3.8, 4) is 0 Å². The number of hydrogen-bond donors (Lipinski definition) is 1. The number of halogens is 2. The highest BCUT2D eigenvalue weighted by atomic mass is 19.1. The van der Waals surface area contributed by atoms with Crippen LogP contribution in [0.1, 0.15) is 25.8 Å². The average Bonchev–Trinajstić information content (AvgIpc) is 2.27. The smallest absolute Gasteiger partial charge is 0.133 e. The monoisotopic (exact) mass is 225 g/mol. The van der Waals surface area contributed by atoms with Gasteiger partial charge in [-0.15, -0.1) is 0 Å². The van der Waals surface area contributed by atoms with Crippen LogP contribution in [0.5, 0.6) is 0 Å². The van der Waals surface area contributed by atoms with Crippen LogP contribution >= 0.6 is 0 Å². The Bertz CT molecular complexity index is 372. The summed E-state index contributed by atoms with van der Waals surface area (Å²) in [4.78, 5) is 0. The minimum atomic E-state index is -0.542. The van der Waals surface area contributed by atoms with Gasteiger partial charge in [0, 0.05) is 18.2 Å². The zero-order valence-corrected chi connectivity index (χ0v) is 9.69. The van der Waals surface area contributed by atoms with Crippen LogP contribution in [0.4, 0.5) is 8.78 Å². The minimum absolute atomic E-state index is 0.441. The topological polar surface area (TPSA) is 12.0 Å². The van der Waals surface area contributed by atoms with E-state index in [1.807, 2.05) is 13.8 Å². The molecule has 1 aromatic rings. The molecule has 1 aromatic carbocycles. The van der Waals surface area contributed by atoms with Gasteiger partial charge in [-0.2, -0.15) is 0 Å². The molecule has 16 heavy (non-hydrogen) atoms. The number of hydrogen-bond acceptors (Lipinski definition) is 1. The summed E-state index contributed by atoms with van der Waals surface area (Å²) in [5.74, 6) is -1.05. The van der Waals surface area contributed by atoms with Crippen molar-refractivity contribution in [1.82, 2.24) is 5.32 Å². The lowest BCUT2D eigenvalue weighted by molar-refractivity contribution is 0.581. The lowest BCUT2D eigenvalue weighted by Gasteiger charge is -2.06. The number of nitrogens with one attached hydrogen (secondary N) is 1. The van der Waals surface area contributed by atoms with Crippen molar-refractivity contribution in [3.63, 3.8) is 0 Å². The molecule has 0 unspecified atom stereocenters. The standard InChI is InChI=1S/C13H17F2N/c1-3-10(9-16-4-2)7-11-5-6-12(14)8-13(11)15/h5-8,16H,3-4,9H2,1-2H3. The lowest BCUT2D eigenvalue weighted by atomic mass is 10.1. The zero-order valence-electron chi connectivity index (χ0n) is 9.69. The van der Waals surface area contributed by atoms with Crippen LogP contribution in [0.2, 0.25) is 0 Å². The molecule has 0 saturated heterocycles. The van der Waals surface area contributed by atoms with E-state index >= 15 is 0 Å². The van der Waals surface area contributed by atoms with Gasteiger partial charge >= 0.3 is 0 Å². The SMILES string of the molecule is CCNCC(=Cc1ccc(F)cc1F)CC. The van der Waals surface area contributed by atoms with Crippen LogP contribution in [-0.4, -0.2) is 13.1 Å². The first kappa shape index (κ1) is 12.8. The van der Waals surface area contributed by atoms with E-state index in [-0.39, 0.29) is 0 Å². The molecule has 88 valence electrons. The maximum atomic E-state index is 13.4. The third kappa shape index (κ3) is 3.74. The van der Waals surface area contributed by atoms with Gasteiger partial charge in [-0.25, -0.2) is 8.78 Å². The second-order valence-electron chi connectivity index (χ2n) is 3.60. The van der Waals surface area contributed by atoms with E-state index in [2.05, 4.69) is 5.32 Å². The van der Waals surface area contributed by atoms with E-state index < -0.39 is 11.6 Å². The molecule has 3 heteroatoms.